The van der Waals surface area contributed by atoms with E-state index in [0.717, 1.165) is 17.7 Å². The van der Waals surface area contributed by atoms with Crippen molar-refractivity contribution in [3.8, 4) is 0 Å². The van der Waals surface area contributed by atoms with Crippen LogP contribution in [0.3, 0.4) is 0 Å². The highest BCUT2D eigenvalue weighted by molar-refractivity contribution is 7.99. The Labute approximate surface area is 213 Å². The van der Waals surface area contributed by atoms with E-state index < -0.39 is 0 Å². The summed E-state index contributed by atoms with van der Waals surface area (Å²) in [7, 11) is 0. The van der Waals surface area contributed by atoms with E-state index in [0.29, 0.717) is 46.4 Å². The van der Waals surface area contributed by atoms with E-state index >= 15 is 0 Å². The van der Waals surface area contributed by atoms with E-state index in [9.17, 15) is 14.4 Å². The number of hydrogen-bond donors (Lipinski definition) is 2. The lowest BCUT2D eigenvalue weighted by molar-refractivity contribution is -0.113. The standard InChI is InChI=1S/C26H30N6O3S/c1-5-12-31-24(35)19-11-10-18(23(34)27-14-16(2)3)13-21(19)32-25(31)29-30-26(32)36-15-22(33)28-20-9-7-6-8-17(20)4/h6-11,13,16H,5,12,14-15H2,1-4H3,(H,27,34)(H,28,33). The summed E-state index contributed by atoms with van der Waals surface area (Å²) in [4.78, 5) is 38.6. The average molecular weight is 507 g/mol. The lowest BCUT2D eigenvalue weighted by Crippen LogP contribution is -2.28. The summed E-state index contributed by atoms with van der Waals surface area (Å²) in [6.07, 6.45) is 0.741. The molecule has 0 aliphatic heterocycles. The molecule has 2 amide bonds. The van der Waals surface area contributed by atoms with Crippen molar-refractivity contribution >= 4 is 45.9 Å². The second-order valence-corrected chi connectivity index (χ2v) is 10.0. The van der Waals surface area contributed by atoms with Crippen LogP contribution < -0.4 is 16.2 Å². The van der Waals surface area contributed by atoms with Crippen molar-refractivity contribution < 1.29 is 9.59 Å². The molecule has 0 atom stereocenters. The Morgan fingerprint density at radius 2 is 1.89 bits per heavy atom. The van der Waals surface area contributed by atoms with Gasteiger partial charge in [0.05, 0.1) is 16.7 Å². The second-order valence-electron chi connectivity index (χ2n) is 9.06. The molecule has 2 aromatic carbocycles. The Morgan fingerprint density at radius 1 is 1.11 bits per heavy atom. The van der Waals surface area contributed by atoms with E-state index in [1.54, 1.807) is 27.2 Å². The van der Waals surface area contributed by atoms with Gasteiger partial charge in [0.1, 0.15) is 0 Å². The van der Waals surface area contributed by atoms with Gasteiger partial charge >= 0.3 is 0 Å². The highest BCUT2D eigenvalue weighted by Crippen LogP contribution is 2.23. The highest BCUT2D eigenvalue weighted by atomic mass is 32.2. The number of hydrogen-bond acceptors (Lipinski definition) is 6. The van der Waals surface area contributed by atoms with Gasteiger partial charge in [0.25, 0.3) is 11.5 Å². The molecule has 0 radical (unpaired) electrons. The largest absolute Gasteiger partial charge is 0.352 e. The van der Waals surface area contributed by atoms with Crippen molar-refractivity contribution in [1.82, 2.24) is 24.5 Å². The fraction of sp³-hybridized carbons (Fsp3) is 0.346. The summed E-state index contributed by atoms with van der Waals surface area (Å²) >= 11 is 1.23. The van der Waals surface area contributed by atoms with Gasteiger partial charge in [-0.05, 0) is 49.1 Å². The van der Waals surface area contributed by atoms with E-state index in [2.05, 4.69) is 20.8 Å². The van der Waals surface area contributed by atoms with Gasteiger partial charge in [-0.2, -0.15) is 0 Å². The van der Waals surface area contributed by atoms with Crippen LogP contribution in [0.25, 0.3) is 16.7 Å². The van der Waals surface area contributed by atoms with Crippen molar-refractivity contribution in [3.63, 3.8) is 0 Å². The molecule has 0 aliphatic carbocycles. The summed E-state index contributed by atoms with van der Waals surface area (Å²) in [5.74, 6) is 0.422. The first-order valence-corrected chi connectivity index (χ1v) is 13.0. The number of aryl methyl sites for hydroxylation is 2. The number of nitrogens with zero attached hydrogens (tertiary/aromatic N) is 4. The third kappa shape index (κ3) is 5.28. The SMILES string of the molecule is CCCn1c(=O)c2ccc(C(=O)NCC(C)C)cc2n2c(SCC(=O)Nc3ccccc3C)nnc12. The maximum atomic E-state index is 13.2. The van der Waals surface area contributed by atoms with Crippen molar-refractivity contribution in [2.75, 3.05) is 17.6 Å². The summed E-state index contributed by atoms with van der Waals surface area (Å²) < 4.78 is 3.35. The Morgan fingerprint density at radius 3 is 2.61 bits per heavy atom. The molecule has 0 bridgehead atoms. The van der Waals surface area contributed by atoms with Crippen LogP contribution in [-0.4, -0.2) is 43.3 Å². The molecule has 9 nitrogen and oxygen atoms in total. The number of benzene rings is 2. The molecule has 0 spiro atoms. The molecule has 2 aromatic heterocycles. The minimum absolute atomic E-state index is 0.109. The molecular weight excluding hydrogens is 476 g/mol. The summed E-state index contributed by atoms with van der Waals surface area (Å²) in [6, 6.07) is 12.6. The maximum Gasteiger partial charge on any atom is 0.262 e. The lowest BCUT2D eigenvalue weighted by atomic mass is 10.1. The predicted molar refractivity (Wildman–Crippen MR) is 143 cm³/mol. The third-order valence-electron chi connectivity index (χ3n) is 5.70. The number of rotatable bonds is 9. The fourth-order valence-corrected chi connectivity index (χ4v) is 4.61. The predicted octanol–water partition coefficient (Wildman–Crippen LogP) is 3.88. The molecule has 2 N–H and O–H groups in total. The minimum atomic E-state index is -0.212. The third-order valence-corrected chi connectivity index (χ3v) is 6.63. The summed E-state index contributed by atoms with van der Waals surface area (Å²) in [6.45, 7) is 8.99. The van der Waals surface area contributed by atoms with Gasteiger partial charge in [0.2, 0.25) is 11.7 Å². The van der Waals surface area contributed by atoms with E-state index in [1.165, 1.54) is 11.8 Å². The van der Waals surface area contributed by atoms with E-state index in [1.807, 2.05) is 52.0 Å². The van der Waals surface area contributed by atoms with Crippen molar-refractivity contribution in [2.24, 2.45) is 5.92 Å². The van der Waals surface area contributed by atoms with Crippen LogP contribution in [0.15, 0.2) is 52.4 Å². The second kappa shape index (κ2) is 10.9. The zero-order valence-electron chi connectivity index (χ0n) is 20.9. The molecule has 10 heteroatoms. The molecular formula is C26H30N6O3S. The van der Waals surface area contributed by atoms with Crippen LogP contribution in [-0.2, 0) is 11.3 Å². The molecule has 0 saturated carbocycles. The number of carbonyl (C=O) groups is 2. The van der Waals surface area contributed by atoms with Gasteiger partial charge in [-0.25, -0.2) is 0 Å². The Kier molecular flexibility index (Phi) is 7.73. The topological polar surface area (TPSA) is 110 Å². The number of thioether (sulfide) groups is 1. The molecule has 36 heavy (non-hydrogen) atoms. The van der Waals surface area contributed by atoms with Crippen molar-refractivity contribution in [2.45, 2.75) is 45.8 Å². The molecule has 0 aliphatic rings. The zero-order chi connectivity index (χ0) is 25.8. The number of carbonyl (C=O) groups excluding carboxylic acids is 2. The number of anilines is 1. The van der Waals surface area contributed by atoms with Crippen LogP contribution in [0.2, 0.25) is 0 Å². The van der Waals surface area contributed by atoms with Gasteiger partial charge in [-0.3, -0.25) is 23.4 Å². The van der Waals surface area contributed by atoms with Crippen LogP contribution in [0, 0.1) is 12.8 Å². The van der Waals surface area contributed by atoms with Gasteiger partial charge in [0, 0.05) is 24.3 Å². The maximum absolute atomic E-state index is 13.2. The molecule has 188 valence electrons. The average Bonchev–Trinajstić information content (AvgIpc) is 3.29. The molecule has 4 aromatic rings. The van der Waals surface area contributed by atoms with Crippen LogP contribution >= 0.6 is 11.8 Å². The summed E-state index contributed by atoms with van der Waals surface area (Å²) in [5, 5.41) is 15.3. The van der Waals surface area contributed by atoms with Gasteiger partial charge in [-0.15, -0.1) is 10.2 Å². The minimum Gasteiger partial charge on any atom is -0.352 e. The van der Waals surface area contributed by atoms with Gasteiger partial charge < -0.3 is 10.6 Å². The number of nitrogens with one attached hydrogen (secondary N) is 2. The Hall–Kier alpha value is -3.66. The van der Waals surface area contributed by atoms with Crippen LogP contribution in [0.5, 0.6) is 0 Å². The van der Waals surface area contributed by atoms with Crippen LogP contribution in [0.4, 0.5) is 5.69 Å². The zero-order valence-corrected chi connectivity index (χ0v) is 21.7. The first-order chi connectivity index (χ1) is 17.3. The molecule has 2 heterocycles. The normalized spacial score (nSPS) is 11.4. The Bertz CT molecular complexity index is 1490. The lowest BCUT2D eigenvalue weighted by Gasteiger charge is -2.12. The molecule has 4 rings (SSSR count). The number of fused-ring (bicyclic) bond motifs is 3. The number of aromatic nitrogens is 4. The van der Waals surface area contributed by atoms with Crippen molar-refractivity contribution in [3.05, 3.63) is 63.9 Å². The molecule has 0 fully saturated rings. The highest BCUT2D eigenvalue weighted by Gasteiger charge is 2.19. The first kappa shape index (κ1) is 25.4. The quantitative estimate of drug-likeness (QED) is 0.334. The monoisotopic (exact) mass is 506 g/mol. The first-order valence-electron chi connectivity index (χ1n) is 12.0. The molecule has 0 unspecified atom stereocenters. The number of amides is 2. The number of para-hydroxylation sites is 1. The molecule has 0 saturated heterocycles. The van der Waals surface area contributed by atoms with Crippen molar-refractivity contribution in [1.29, 1.82) is 0 Å². The fourth-order valence-electron chi connectivity index (χ4n) is 3.87. The van der Waals surface area contributed by atoms with Gasteiger partial charge in [0.15, 0.2) is 5.16 Å². The Balaban J connectivity index is 1.72. The summed E-state index contributed by atoms with van der Waals surface area (Å²) in [5.41, 5.74) is 2.52. The van der Waals surface area contributed by atoms with Gasteiger partial charge in [-0.1, -0.05) is 50.7 Å². The van der Waals surface area contributed by atoms with E-state index in [4.69, 9.17) is 0 Å². The van der Waals surface area contributed by atoms with Crippen LogP contribution in [0.1, 0.15) is 43.1 Å². The smallest absolute Gasteiger partial charge is 0.262 e. The van der Waals surface area contributed by atoms with E-state index in [-0.39, 0.29) is 23.1 Å².